The minimum Gasteiger partial charge on any atom is -0.358 e. The highest BCUT2D eigenvalue weighted by Crippen LogP contribution is 2.76. The fourth-order valence-corrected chi connectivity index (χ4v) is 8.25. The van der Waals surface area contributed by atoms with Gasteiger partial charge in [0.25, 0.3) is 0 Å². The molecule has 1 spiro atoms. The summed E-state index contributed by atoms with van der Waals surface area (Å²) in [5.41, 5.74) is 1.43. The number of Topliss-reactive ketones (excluding diaryl/α,β-unsaturated/α-hetero) is 1. The normalized spacial score (nSPS) is 56.7. The van der Waals surface area contributed by atoms with E-state index in [0.29, 0.717) is 29.5 Å². The molecule has 7 atom stereocenters. The van der Waals surface area contributed by atoms with Crippen LogP contribution in [-0.4, -0.2) is 36.0 Å². The molecule has 152 valence electrons. The highest BCUT2D eigenvalue weighted by atomic mass is 16.7. The molecule has 0 aromatic heterocycles. The van der Waals surface area contributed by atoms with Gasteiger partial charge in [0.05, 0.1) is 13.2 Å². The zero-order valence-electron chi connectivity index (χ0n) is 17.4. The standard InChI is InChI=1S/C24H32O4/c1-20(2)12-26-23(27-13-20)8-9-24-17-5-6-21(3)18(15-10-16(15)19(21)25)14(17)4-7-22(24,11-23)28-24/h5,14-16,18H,4,6-13H2,1-3H3/t14-,15-,16+,18-,21+,22-,24-/m1/s1. The van der Waals surface area contributed by atoms with Crippen LogP contribution in [0.1, 0.15) is 65.7 Å². The average molecular weight is 385 g/mol. The number of carbonyl (C=O) groups excluding carboxylic acids is 1. The monoisotopic (exact) mass is 384 g/mol. The zero-order chi connectivity index (χ0) is 19.2. The summed E-state index contributed by atoms with van der Waals surface area (Å²) >= 11 is 0. The Hall–Kier alpha value is -0.710. The van der Waals surface area contributed by atoms with Crippen LogP contribution in [0.5, 0.6) is 0 Å². The molecule has 0 aromatic carbocycles. The number of rotatable bonds is 0. The summed E-state index contributed by atoms with van der Waals surface area (Å²) in [5, 5.41) is 0. The molecule has 4 saturated carbocycles. The Morgan fingerprint density at radius 2 is 1.82 bits per heavy atom. The third-order valence-corrected chi connectivity index (χ3v) is 9.77. The number of fused-ring (bicyclic) bond motifs is 5. The SMILES string of the molecule is CC1(C)COC2(CC[C@]34O[C@]3(CC[C@@H]3C4=CC[C@]4(C)C(=O)[C@H]5C[C@H]5[C@@H]34)C2)OC1. The van der Waals surface area contributed by atoms with Crippen LogP contribution in [0.3, 0.4) is 0 Å². The molecule has 7 rings (SSSR count). The molecule has 2 aliphatic heterocycles. The maximum Gasteiger partial charge on any atom is 0.171 e. The molecule has 4 heteroatoms. The molecule has 28 heavy (non-hydrogen) atoms. The van der Waals surface area contributed by atoms with E-state index < -0.39 is 5.79 Å². The average Bonchev–Trinajstić information content (AvgIpc) is 3.54. The maximum absolute atomic E-state index is 12.9. The molecule has 0 bridgehead atoms. The van der Waals surface area contributed by atoms with E-state index in [1.54, 1.807) is 5.57 Å². The Morgan fingerprint density at radius 1 is 1.04 bits per heavy atom. The first-order valence-electron chi connectivity index (χ1n) is 11.5. The van der Waals surface area contributed by atoms with Gasteiger partial charge in [0, 0.05) is 29.6 Å². The van der Waals surface area contributed by atoms with E-state index in [-0.39, 0.29) is 22.0 Å². The Balaban J connectivity index is 1.20. The van der Waals surface area contributed by atoms with Crippen LogP contribution in [0.25, 0.3) is 0 Å². The van der Waals surface area contributed by atoms with Crippen LogP contribution < -0.4 is 0 Å². The topological polar surface area (TPSA) is 48.1 Å². The molecule has 5 aliphatic carbocycles. The number of hydrogen-bond acceptors (Lipinski definition) is 4. The minimum absolute atomic E-state index is 0.0712. The Kier molecular flexibility index (Phi) is 2.81. The second-order valence-electron chi connectivity index (χ2n) is 12.1. The van der Waals surface area contributed by atoms with E-state index in [9.17, 15) is 4.79 Å². The molecule has 0 unspecified atom stereocenters. The lowest BCUT2D eigenvalue weighted by Crippen LogP contribution is -2.56. The molecule has 4 nitrogen and oxygen atoms in total. The Labute approximate surface area is 167 Å². The van der Waals surface area contributed by atoms with Gasteiger partial charge in [0.15, 0.2) is 5.79 Å². The van der Waals surface area contributed by atoms with E-state index in [2.05, 4.69) is 26.8 Å². The van der Waals surface area contributed by atoms with E-state index in [1.807, 2.05) is 0 Å². The van der Waals surface area contributed by atoms with Crippen LogP contribution >= 0.6 is 0 Å². The van der Waals surface area contributed by atoms with Crippen molar-refractivity contribution in [1.82, 2.24) is 0 Å². The van der Waals surface area contributed by atoms with Crippen LogP contribution in [-0.2, 0) is 19.0 Å². The molecule has 7 aliphatic rings. The van der Waals surface area contributed by atoms with Gasteiger partial charge in [-0.25, -0.2) is 0 Å². The van der Waals surface area contributed by atoms with Crippen molar-refractivity contribution < 1.29 is 19.0 Å². The number of allylic oxidation sites excluding steroid dienone is 1. The first-order chi connectivity index (χ1) is 13.2. The maximum atomic E-state index is 12.9. The molecular weight excluding hydrogens is 352 g/mol. The fourth-order valence-electron chi connectivity index (χ4n) is 8.25. The summed E-state index contributed by atoms with van der Waals surface area (Å²) in [6, 6.07) is 0. The molecule has 2 saturated heterocycles. The first kappa shape index (κ1) is 17.0. The van der Waals surface area contributed by atoms with Crippen molar-refractivity contribution in [2.75, 3.05) is 13.2 Å². The molecular formula is C24H32O4. The lowest BCUT2D eigenvalue weighted by molar-refractivity contribution is -0.313. The molecule has 0 N–H and O–H groups in total. The van der Waals surface area contributed by atoms with Gasteiger partial charge in [-0.2, -0.15) is 0 Å². The van der Waals surface area contributed by atoms with Crippen molar-refractivity contribution in [3.8, 4) is 0 Å². The molecule has 0 amide bonds. The van der Waals surface area contributed by atoms with Crippen LogP contribution in [0.2, 0.25) is 0 Å². The second-order valence-corrected chi connectivity index (χ2v) is 12.1. The number of ether oxygens (including phenoxy) is 3. The van der Waals surface area contributed by atoms with Crippen molar-refractivity contribution in [2.45, 2.75) is 82.7 Å². The van der Waals surface area contributed by atoms with Crippen molar-refractivity contribution in [3.63, 3.8) is 0 Å². The summed E-state index contributed by atoms with van der Waals surface area (Å²) in [4.78, 5) is 12.9. The van der Waals surface area contributed by atoms with E-state index in [4.69, 9.17) is 14.2 Å². The van der Waals surface area contributed by atoms with Gasteiger partial charge in [0.1, 0.15) is 17.0 Å². The summed E-state index contributed by atoms with van der Waals surface area (Å²) in [6.45, 7) is 8.22. The van der Waals surface area contributed by atoms with Gasteiger partial charge in [-0.1, -0.05) is 26.8 Å². The summed E-state index contributed by atoms with van der Waals surface area (Å²) in [7, 11) is 0. The molecule has 6 fully saturated rings. The number of ketones is 1. The third kappa shape index (κ3) is 1.79. The van der Waals surface area contributed by atoms with Crippen molar-refractivity contribution in [2.24, 2.45) is 34.5 Å². The molecule has 0 radical (unpaired) electrons. The van der Waals surface area contributed by atoms with Gasteiger partial charge in [-0.05, 0) is 55.4 Å². The lowest BCUT2D eigenvalue weighted by Gasteiger charge is -2.52. The highest BCUT2D eigenvalue weighted by Gasteiger charge is 2.80. The van der Waals surface area contributed by atoms with Gasteiger partial charge in [-0.15, -0.1) is 0 Å². The predicted octanol–water partition coefficient (Wildman–Crippen LogP) is 4.03. The zero-order valence-corrected chi connectivity index (χ0v) is 17.4. The summed E-state index contributed by atoms with van der Waals surface area (Å²) in [5.74, 6) is 2.32. The summed E-state index contributed by atoms with van der Waals surface area (Å²) in [6.07, 6.45) is 9.63. The van der Waals surface area contributed by atoms with Crippen LogP contribution in [0.4, 0.5) is 0 Å². The molecule has 2 heterocycles. The van der Waals surface area contributed by atoms with Gasteiger partial charge in [-0.3, -0.25) is 4.79 Å². The highest BCUT2D eigenvalue weighted by molar-refractivity contribution is 5.93. The van der Waals surface area contributed by atoms with E-state index in [0.717, 1.165) is 51.7 Å². The largest absolute Gasteiger partial charge is 0.358 e. The third-order valence-electron chi connectivity index (χ3n) is 9.77. The van der Waals surface area contributed by atoms with Crippen molar-refractivity contribution in [3.05, 3.63) is 11.6 Å². The summed E-state index contributed by atoms with van der Waals surface area (Å²) < 4.78 is 19.4. The Morgan fingerprint density at radius 3 is 2.61 bits per heavy atom. The quantitative estimate of drug-likeness (QED) is 0.467. The number of hydrogen-bond donors (Lipinski definition) is 0. The Bertz CT molecular complexity index is 818. The second kappa shape index (κ2) is 4.63. The fraction of sp³-hybridized carbons (Fsp3) is 0.875. The smallest absolute Gasteiger partial charge is 0.171 e. The van der Waals surface area contributed by atoms with Gasteiger partial charge >= 0.3 is 0 Å². The van der Waals surface area contributed by atoms with Gasteiger partial charge < -0.3 is 14.2 Å². The predicted molar refractivity (Wildman–Crippen MR) is 102 cm³/mol. The van der Waals surface area contributed by atoms with E-state index >= 15 is 0 Å². The number of epoxide rings is 1. The van der Waals surface area contributed by atoms with E-state index in [1.165, 1.54) is 6.42 Å². The molecule has 0 aromatic rings. The van der Waals surface area contributed by atoms with Crippen LogP contribution in [0.15, 0.2) is 11.6 Å². The number of carbonyl (C=O) groups is 1. The minimum atomic E-state index is -0.434. The first-order valence-corrected chi connectivity index (χ1v) is 11.5. The van der Waals surface area contributed by atoms with Crippen molar-refractivity contribution in [1.29, 1.82) is 0 Å². The lowest BCUT2D eigenvalue weighted by atomic mass is 9.53. The van der Waals surface area contributed by atoms with Crippen molar-refractivity contribution >= 4 is 5.78 Å². The van der Waals surface area contributed by atoms with Gasteiger partial charge in [0.2, 0.25) is 0 Å². The van der Waals surface area contributed by atoms with Crippen LogP contribution in [0, 0.1) is 34.5 Å².